The fraction of sp³-hybridized carbons (Fsp3) is 0.429. The summed E-state index contributed by atoms with van der Waals surface area (Å²) >= 11 is 0. The molecule has 1 aliphatic rings. The number of aromatic amines is 2. The lowest BCUT2D eigenvalue weighted by Gasteiger charge is -2.27. The molecule has 20 heavy (non-hydrogen) atoms. The zero-order valence-corrected chi connectivity index (χ0v) is 11.8. The molecule has 6 nitrogen and oxygen atoms in total. The van der Waals surface area contributed by atoms with Gasteiger partial charge >= 0.3 is 0 Å². The number of aryl methyl sites for hydroxylation is 2. The number of rotatable bonds is 2. The molecule has 0 spiro atoms. The predicted octanol–water partition coefficient (Wildman–Crippen LogP) is 0.855. The normalized spacial score (nSPS) is 15.3. The Kier molecular flexibility index (Phi) is 3.10. The van der Waals surface area contributed by atoms with Crippen LogP contribution >= 0.6 is 0 Å². The molecule has 2 aromatic rings. The minimum atomic E-state index is -0.114. The van der Waals surface area contributed by atoms with E-state index in [0.29, 0.717) is 6.54 Å². The van der Waals surface area contributed by atoms with Gasteiger partial charge in [-0.2, -0.15) is 0 Å². The number of fused-ring (bicyclic) bond motifs is 1. The first-order chi connectivity index (χ1) is 9.52. The molecule has 1 aliphatic heterocycles. The van der Waals surface area contributed by atoms with Crippen molar-refractivity contribution in [3.05, 3.63) is 44.6 Å². The van der Waals surface area contributed by atoms with Crippen molar-refractivity contribution in [1.29, 1.82) is 0 Å². The minimum Gasteiger partial charge on any atom is -0.369 e. The van der Waals surface area contributed by atoms with Gasteiger partial charge in [-0.1, -0.05) is 0 Å². The fourth-order valence-corrected chi connectivity index (χ4v) is 2.81. The van der Waals surface area contributed by atoms with E-state index in [0.717, 1.165) is 30.8 Å². The number of nitrogens with one attached hydrogen (secondary N) is 2. The highest BCUT2D eigenvalue weighted by Gasteiger charge is 2.21. The Hall–Kier alpha value is -2.08. The predicted molar refractivity (Wildman–Crippen MR) is 77.4 cm³/mol. The van der Waals surface area contributed by atoms with E-state index in [9.17, 15) is 4.79 Å². The van der Waals surface area contributed by atoms with E-state index in [1.807, 2.05) is 0 Å². The molecule has 0 saturated carbocycles. The molecule has 0 amide bonds. The van der Waals surface area contributed by atoms with E-state index in [-0.39, 0.29) is 11.5 Å². The van der Waals surface area contributed by atoms with Gasteiger partial charge in [0, 0.05) is 37.4 Å². The van der Waals surface area contributed by atoms with Crippen LogP contribution in [0.2, 0.25) is 0 Å². The Labute approximate surface area is 117 Å². The Morgan fingerprint density at radius 1 is 1.40 bits per heavy atom. The van der Waals surface area contributed by atoms with Crippen LogP contribution in [-0.2, 0) is 19.5 Å². The van der Waals surface area contributed by atoms with E-state index in [1.54, 1.807) is 0 Å². The zero-order chi connectivity index (χ0) is 14.3. The highest BCUT2D eigenvalue weighted by molar-refractivity contribution is 5.28. The van der Waals surface area contributed by atoms with E-state index in [1.165, 1.54) is 17.0 Å². The molecule has 0 unspecified atom stereocenters. The van der Waals surface area contributed by atoms with Gasteiger partial charge in [0.25, 0.3) is 5.56 Å². The van der Waals surface area contributed by atoms with Crippen molar-refractivity contribution < 1.29 is 0 Å². The van der Waals surface area contributed by atoms with E-state index >= 15 is 0 Å². The second-order valence-corrected chi connectivity index (χ2v) is 5.45. The molecule has 6 heteroatoms. The van der Waals surface area contributed by atoms with Crippen LogP contribution in [0, 0.1) is 13.8 Å². The standard InChI is InChI=1S/C14H19N5O/c1-8-5-9(2)16-12(8)7-19-4-3-11-10(6-19)13(20)18-14(15)17-11/h5,16H,3-4,6-7H2,1-2H3,(H3,15,17,18,20). The first kappa shape index (κ1) is 12.9. The first-order valence-corrected chi connectivity index (χ1v) is 6.78. The van der Waals surface area contributed by atoms with Crippen LogP contribution in [0.4, 0.5) is 5.95 Å². The number of hydrogen-bond acceptors (Lipinski definition) is 4. The maximum Gasteiger partial charge on any atom is 0.257 e. The van der Waals surface area contributed by atoms with Crippen LogP contribution in [-0.4, -0.2) is 26.4 Å². The van der Waals surface area contributed by atoms with Crippen molar-refractivity contribution >= 4 is 5.95 Å². The average Bonchev–Trinajstić information content (AvgIpc) is 2.68. The maximum absolute atomic E-state index is 11.9. The van der Waals surface area contributed by atoms with Crippen molar-refractivity contribution in [2.24, 2.45) is 0 Å². The van der Waals surface area contributed by atoms with E-state index < -0.39 is 0 Å². The van der Waals surface area contributed by atoms with Gasteiger partial charge in [-0.3, -0.25) is 14.7 Å². The lowest BCUT2D eigenvalue weighted by atomic mass is 10.1. The summed E-state index contributed by atoms with van der Waals surface area (Å²) in [5.74, 6) is 0.207. The Balaban J connectivity index is 1.82. The summed E-state index contributed by atoms with van der Waals surface area (Å²) in [6.45, 7) is 6.49. The van der Waals surface area contributed by atoms with Crippen molar-refractivity contribution in [2.75, 3.05) is 12.3 Å². The van der Waals surface area contributed by atoms with Crippen LogP contribution in [0.1, 0.15) is 28.2 Å². The van der Waals surface area contributed by atoms with Crippen molar-refractivity contribution in [2.45, 2.75) is 33.4 Å². The van der Waals surface area contributed by atoms with Gasteiger partial charge in [0.15, 0.2) is 0 Å². The van der Waals surface area contributed by atoms with Crippen LogP contribution in [0.15, 0.2) is 10.9 Å². The first-order valence-electron chi connectivity index (χ1n) is 6.78. The van der Waals surface area contributed by atoms with Gasteiger partial charge in [0.05, 0.1) is 11.3 Å². The molecule has 2 aromatic heterocycles. The SMILES string of the molecule is Cc1cc(C)c(CN2CCc3nc(N)[nH]c(=O)c3C2)[nH]1. The zero-order valence-electron chi connectivity index (χ0n) is 11.8. The van der Waals surface area contributed by atoms with E-state index in [4.69, 9.17) is 5.73 Å². The second-order valence-electron chi connectivity index (χ2n) is 5.45. The molecule has 0 bridgehead atoms. The molecule has 0 saturated heterocycles. The lowest BCUT2D eigenvalue weighted by molar-refractivity contribution is 0.239. The van der Waals surface area contributed by atoms with Gasteiger partial charge < -0.3 is 10.7 Å². The summed E-state index contributed by atoms with van der Waals surface area (Å²) in [4.78, 5) is 24.4. The number of aromatic nitrogens is 3. The number of H-pyrrole nitrogens is 2. The summed E-state index contributed by atoms with van der Waals surface area (Å²) in [6.07, 6.45) is 0.766. The Bertz CT molecular complexity index is 700. The smallest absolute Gasteiger partial charge is 0.257 e. The number of hydrogen-bond donors (Lipinski definition) is 3. The van der Waals surface area contributed by atoms with Crippen molar-refractivity contribution in [3.63, 3.8) is 0 Å². The number of nitrogen functional groups attached to an aromatic ring is 1. The lowest BCUT2D eigenvalue weighted by Crippen LogP contribution is -2.35. The monoisotopic (exact) mass is 273 g/mol. The molecule has 0 aromatic carbocycles. The number of anilines is 1. The topological polar surface area (TPSA) is 90.8 Å². The van der Waals surface area contributed by atoms with Gasteiger partial charge in [-0.15, -0.1) is 0 Å². The third-order valence-electron chi connectivity index (χ3n) is 3.80. The van der Waals surface area contributed by atoms with Gasteiger partial charge in [0.2, 0.25) is 5.95 Å². The summed E-state index contributed by atoms with van der Waals surface area (Å²) < 4.78 is 0. The number of nitrogens with zero attached hydrogens (tertiary/aromatic N) is 2. The third-order valence-corrected chi connectivity index (χ3v) is 3.80. The van der Waals surface area contributed by atoms with Crippen LogP contribution in [0.5, 0.6) is 0 Å². The fourth-order valence-electron chi connectivity index (χ4n) is 2.81. The summed E-state index contributed by atoms with van der Waals surface area (Å²) in [7, 11) is 0. The Morgan fingerprint density at radius 3 is 2.90 bits per heavy atom. The molecular weight excluding hydrogens is 254 g/mol. The Morgan fingerprint density at radius 2 is 2.20 bits per heavy atom. The average molecular weight is 273 g/mol. The molecule has 3 rings (SSSR count). The number of nitrogens with two attached hydrogens (primary N) is 1. The van der Waals surface area contributed by atoms with Gasteiger partial charge in [-0.05, 0) is 25.5 Å². The van der Waals surface area contributed by atoms with Crippen LogP contribution in [0.3, 0.4) is 0 Å². The van der Waals surface area contributed by atoms with Crippen molar-refractivity contribution in [1.82, 2.24) is 19.9 Å². The molecule has 3 heterocycles. The van der Waals surface area contributed by atoms with Crippen molar-refractivity contribution in [3.8, 4) is 0 Å². The highest BCUT2D eigenvalue weighted by atomic mass is 16.1. The van der Waals surface area contributed by atoms with Crippen LogP contribution < -0.4 is 11.3 Å². The molecule has 0 fully saturated rings. The molecule has 106 valence electrons. The summed E-state index contributed by atoms with van der Waals surface area (Å²) in [5, 5.41) is 0. The molecule has 0 radical (unpaired) electrons. The molecule has 4 N–H and O–H groups in total. The summed E-state index contributed by atoms with van der Waals surface area (Å²) in [5.41, 5.74) is 10.7. The largest absolute Gasteiger partial charge is 0.369 e. The van der Waals surface area contributed by atoms with Crippen LogP contribution in [0.25, 0.3) is 0 Å². The minimum absolute atomic E-state index is 0.114. The highest BCUT2D eigenvalue weighted by Crippen LogP contribution is 2.18. The maximum atomic E-state index is 11.9. The molecule has 0 aliphatic carbocycles. The quantitative estimate of drug-likeness (QED) is 0.756. The van der Waals surface area contributed by atoms with Gasteiger partial charge in [0.1, 0.15) is 0 Å². The van der Waals surface area contributed by atoms with E-state index in [2.05, 4.69) is 39.8 Å². The molecule has 0 atom stereocenters. The van der Waals surface area contributed by atoms with Gasteiger partial charge in [-0.25, -0.2) is 4.98 Å². The third kappa shape index (κ3) is 2.34. The summed E-state index contributed by atoms with van der Waals surface area (Å²) in [6, 6.07) is 2.14. The second kappa shape index (κ2) is 4.79. The molecular formula is C14H19N5O.